The molecule has 17 heavy (non-hydrogen) atoms. The van der Waals surface area contributed by atoms with Gasteiger partial charge in [-0.1, -0.05) is 31.9 Å². The Kier molecular flexibility index (Phi) is 3.06. The van der Waals surface area contributed by atoms with E-state index in [2.05, 4.69) is 26.1 Å². The fraction of sp³-hybridized carbons (Fsp3) is 0.875. The van der Waals surface area contributed by atoms with Gasteiger partial charge in [0.05, 0.1) is 26.7 Å². The molecule has 0 spiro atoms. The van der Waals surface area contributed by atoms with E-state index in [0.29, 0.717) is 0 Å². The van der Waals surface area contributed by atoms with E-state index in [0.717, 1.165) is 23.7 Å². The van der Waals surface area contributed by atoms with Crippen molar-refractivity contribution >= 4 is 0 Å². The molecule has 0 N–H and O–H groups in total. The minimum atomic E-state index is 0.959. The first-order valence-electron chi connectivity index (χ1n) is 7.74. The van der Waals surface area contributed by atoms with E-state index in [4.69, 9.17) is 0 Å². The van der Waals surface area contributed by atoms with E-state index in [1.54, 1.807) is 0 Å². The monoisotopic (exact) mass is 234 g/mol. The number of unbranched alkanes of at least 4 members (excludes halogenated alkanes) is 3. The number of allylic oxidation sites excluding steroid dienone is 2. The minimum absolute atomic E-state index is 0.959. The van der Waals surface area contributed by atoms with Crippen LogP contribution in [-0.2, 0) is 0 Å². The summed E-state index contributed by atoms with van der Waals surface area (Å²) in [5, 5.41) is 0. The average Bonchev–Trinajstić information content (AvgIpc) is 2.95. The summed E-state index contributed by atoms with van der Waals surface area (Å²) in [6.07, 6.45) is 12.2. The van der Waals surface area contributed by atoms with E-state index in [1.165, 1.54) is 56.2 Å². The highest BCUT2D eigenvalue weighted by molar-refractivity contribution is 5.14. The molecule has 1 heterocycles. The SMILES string of the molecule is CCCCCC[N+]1(C)C[C@@H]2[C@@H](C1)[C@H]1C=C[C@H]2C1. The van der Waals surface area contributed by atoms with Crippen LogP contribution in [0.25, 0.3) is 0 Å². The molecule has 1 nitrogen and oxygen atoms in total. The van der Waals surface area contributed by atoms with Gasteiger partial charge in [0.15, 0.2) is 0 Å². The topological polar surface area (TPSA) is 0 Å². The van der Waals surface area contributed by atoms with E-state index in [9.17, 15) is 0 Å². The van der Waals surface area contributed by atoms with Gasteiger partial charge < -0.3 is 4.48 Å². The van der Waals surface area contributed by atoms with Crippen LogP contribution in [0.2, 0.25) is 0 Å². The van der Waals surface area contributed by atoms with Crippen LogP contribution in [0.3, 0.4) is 0 Å². The molecule has 2 fully saturated rings. The van der Waals surface area contributed by atoms with Crippen LogP contribution in [0, 0.1) is 23.7 Å². The number of hydrogen-bond donors (Lipinski definition) is 0. The molecule has 1 saturated heterocycles. The molecule has 3 rings (SSSR count). The normalized spacial score (nSPS) is 46.7. The standard InChI is InChI=1S/C16H28N/c1-3-4-5-6-9-17(2)11-15-13-7-8-14(10-13)16(15)12-17/h7-8,13-16H,3-6,9-12H2,1-2H3/q+1/t13-,14-,15-,16-/m0/s1. The number of rotatable bonds is 5. The summed E-state index contributed by atoms with van der Waals surface area (Å²) in [5.41, 5.74) is 0. The molecule has 0 amide bonds. The van der Waals surface area contributed by atoms with Gasteiger partial charge in [-0.25, -0.2) is 0 Å². The van der Waals surface area contributed by atoms with Crippen molar-refractivity contribution in [2.75, 3.05) is 26.7 Å². The molecule has 0 aromatic rings. The summed E-state index contributed by atoms with van der Waals surface area (Å²) in [4.78, 5) is 0. The third-order valence-corrected chi connectivity index (χ3v) is 5.65. The highest BCUT2D eigenvalue weighted by atomic mass is 15.4. The Morgan fingerprint density at radius 3 is 2.24 bits per heavy atom. The van der Waals surface area contributed by atoms with Crippen molar-refractivity contribution in [2.45, 2.75) is 39.0 Å². The molecule has 1 heteroatoms. The van der Waals surface area contributed by atoms with Gasteiger partial charge >= 0.3 is 0 Å². The zero-order valence-electron chi connectivity index (χ0n) is 11.6. The zero-order chi connectivity index (χ0) is 11.9. The maximum atomic E-state index is 2.53. The second-order valence-corrected chi connectivity index (χ2v) is 7.04. The molecule has 0 aromatic heterocycles. The molecular formula is C16H28N+. The molecule has 0 unspecified atom stereocenters. The van der Waals surface area contributed by atoms with Crippen molar-refractivity contribution in [1.82, 2.24) is 0 Å². The molecule has 0 radical (unpaired) electrons. The zero-order valence-corrected chi connectivity index (χ0v) is 11.6. The molecule has 2 aliphatic carbocycles. The highest BCUT2D eigenvalue weighted by Crippen LogP contribution is 2.52. The van der Waals surface area contributed by atoms with Gasteiger partial charge in [-0.3, -0.25) is 0 Å². The summed E-state index contributed by atoms with van der Waals surface area (Å²) in [6, 6.07) is 0. The second-order valence-electron chi connectivity index (χ2n) is 7.04. The number of nitrogens with zero attached hydrogens (tertiary/aromatic N) is 1. The van der Waals surface area contributed by atoms with Crippen LogP contribution in [0.4, 0.5) is 0 Å². The number of quaternary nitrogens is 1. The van der Waals surface area contributed by atoms with Crippen LogP contribution in [0.15, 0.2) is 12.2 Å². The fourth-order valence-electron chi connectivity index (χ4n) is 4.76. The van der Waals surface area contributed by atoms with Gasteiger partial charge in [0.2, 0.25) is 0 Å². The summed E-state index contributed by atoms with van der Waals surface area (Å²) in [5.74, 6) is 4.00. The van der Waals surface area contributed by atoms with Crippen LogP contribution >= 0.6 is 0 Å². The van der Waals surface area contributed by atoms with Crippen molar-refractivity contribution in [2.24, 2.45) is 23.7 Å². The van der Waals surface area contributed by atoms with Gasteiger partial charge in [-0.15, -0.1) is 0 Å². The molecule has 1 saturated carbocycles. The Balaban J connectivity index is 1.54. The Morgan fingerprint density at radius 2 is 1.65 bits per heavy atom. The Morgan fingerprint density at radius 1 is 1.00 bits per heavy atom. The van der Waals surface area contributed by atoms with Gasteiger partial charge in [-0.05, 0) is 31.1 Å². The first-order valence-corrected chi connectivity index (χ1v) is 7.74. The van der Waals surface area contributed by atoms with Gasteiger partial charge in [0.1, 0.15) is 0 Å². The molecule has 2 bridgehead atoms. The summed E-state index contributed by atoms with van der Waals surface area (Å²) in [6.45, 7) is 6.69. The predicted molar refractivity (Wildman–Crippen MR) is 72.6 cm³/mol. The molecule has 0 aromatic carbocycles. The molecule has 4 atom stereocenters. The van der Waals surface area contributed by atoms with Crippen LogP contribution in [0.1, 0.15) is 39.0 Å². The first kappa shape index (κ1) is 11.8. The maximum absolute atomic E-state index is 2.53. The molecule has 3 aliphatic rings. The first-order chi connectivity index (χ1) is 8.22. The number of likely N-dealkylation sites (tertiary alicyclic amines) is 1. The molecule has 1 aliphatic heterocycles. The van der Waals surface area contributed by atoms with E-state index in [1.807, 2.05) is 0 Å². The average molecular weight is 234 g/mol. The lowest BCUT2D eigenvalue weighted by atomic mass is 9.86. The highest BCUT2D eigenvalue weighted by Gasteiger charge is 2.54. The molecular weight excluding hydrogens is 206 g/mol. The van der Waals surface area contributed by atoms with Crippen molar-refractivity contribution in [3.63, 3.8) is 0 Å². The summed E-state index contributed by atoms with van der Waals surface area (Å²) >= 11 is 0. The van der Waals surface area contributed by atoms with Crippen LogP contribution in [-0.4, -0.2) is 31.2 Å². The number of hydrogen-bond acceptors (Lipinski definition) is 0. The van der Waals surface area contributed by atoms with Crippen molar-refractivity contribution in [3.8, 4) is 0 Å². The maximum Gasteiger partial charge on any atom is 0.0824 e. The predicted octanol–water partition coefficient (Wildman–Crippen LogP) is 3.47. The van der Waals surface area contributed by atoms with Gasteiger partial charge in [0.25, 0.3) is 0 Å². The van der Waals surface area contributed by atoms with Crippen molar-refractivity contribution in [3.05, 3.63) is 12.2 Å². The third kappa shape index (κ3) is 2.07. The van der Waals surface area contributed by atoms with Crippen molar-refractivity contribution < 1.29 is 4.48 Å². The lowest BCUT2D eigenvalue weighted by Gasteiger charge is -2.31. The smallest absolute Gasteiger partial charge is 0.0824 e. The lowest BCUT2D eigenvalue weighted by molar-refractivity contribution is -0.901. The van der Waals surface area contributed by atoms with Gasteiger partial charge in [-0.2, -0.15) is 0 Å². The Labute approximate surface area is 106 Å². The quantitative estimate of drug-likeness (QED) is 0.388. The molecule has 96 valence electrons. The Bertz CT molecular complexity index is 287. The van der Waals surface area contributed by atoms with Crippen LogP contribution < -0.4 is 0 Å². The fourth-order valence-corrected chi connectivity index (χ4v) is 4.76. The van der Waals surface area contributed by atoms with E-state index >= 15 is 0 Å². The van der Waals surface area contributed by atoms with E-state index in [-0.39, 0.29) is 0 Å². The largest absolute Gasteiger partial charge is 0.326 e. The summed E-state index contributed by atoms with van der Waals surface area (Å²) in [7, 11) is 2.52. The minimum Gasteiger partial charge on any atom is -0.326 e. The van der Waals surface area contributed by atoms with Crippen LogP contribution in [0.5, 0.6) is 0 Å². The Hall–Kier alpha value is -0.300. The van der Waals surface area contributed by atoms with Gasteiger partial charge in [0, 0.05) is 11.8 Å². The summed E-state index contributed by atoms with van der Waals surface area (Å²) < 4.78 is 1.38. The lowest BCUT2D eigenvalue weighted by Crippen LogP contribution is -2.43. The third-order valence-electron chi connectivity index (χ3n) is 5.65. The van der Waals surface area contributed by atoms with Crippen molar-refractivity contribution in [1.29, 1.82) is 0 Å². The second kappa shape index (κ2) is 4.42. The number of fused-ring (bicyclic) bond motifs is 5. The van der Waals surface area contributed by atoms with E-state index < -0.39 is 0 Å².